The number of methoxy groups -OCH3 is 1. The normalized spacial score (nSPS) is 11.5. The van der Waals surface area contributed by atoms with Gasteiger partial charge in [0.2, 0.25) is 10.0 Å². The molecule has 0 unspecified atom stereocenters. The summed E-state index contributed by atoms with van der Waals surface area (Å²) in [6.07, 6.45) is 1.39. The summed E-state index contributed by atoms with van der Waals surface area (Å²) in [5, 5.41) is 4.30. The van der Waals surface area contributed by atoms with Crippen molar-refractivity contribution in [2.75, 3.05) is 13.7 Å². The largest absolute Gasteiger partial charge is 0.465 e. The molecule has 0 heterocycles. The molecule has 0 aliphatic heterocycles. The number of amides is 1. The molecule has 3 aromatic rings. The van der Waals surface area contributed by atoms with Crippen LogP contribution in [0.5, 0.6) is 0 Å². The summed E-state index contributed by atoms with van der Waals surface area (Å²) >= 11 is 5.90. The van der Waals surface area contributed by atoms with Crippen LogP contribution in [0.3, 0.4) is 0 Å². The van der Waals surface area contributed by atoms with Crippen LogP contribution in [0, 0.1) is 6.92 Å². The van der Waals surface area contributed by atoms with Gasteiger partial charge < -0.3 is 4.74 Å². The monoisotopic (exact) mass is 513 g/mol. The van der Waals surface area contributed by atoms with Crippen molar-refractivity contribution < 1.29 is 22.7 Å². The number of hydrazone groups is 1. The highest BCUT2D eigenvalue weighted by molar-refractivity contribution is 7.89. The second-order valence-corrected chi connectivity index (χ2v) is 9.93. The third kappa shape index (κ3) is 6.98. The fraction of sp³-hybridized carbons (Fsp3) is 0.160. The van der Waals surface area contributed by atoms with Crippen molar-refractivity contribution >= 4 is 39.7 Å². The fourth-order valence-electron chi connectivity index (χ4n) is 3.16. The summed E-state index contributed by atoms with van der Waals surface area (Å²) < 4.78 is 32.4. The SMILES string of the molecule is COC(=O)c1ccc(/C=N\NC(=O)CN(Cc2ccccc2C)S(=O)(=O)c2ccc(Cl)cc2)cc1. The molecule has 0 bridgehead atoms. The van der Waals surface area contributed by atoms with E-state index in [0.717, 1.165) is 15.4 Å². The van der Waals surface area contributed by atoms with Crippen molar-refractivity contribution in [1.29, 1.82) is 0 Å². The van der Waals surface area contributed by atoms with E-state index in [9.17, 15) is 18.0 Å². The Labute approximate surface area is 209 Å². The molecule has 0 saturated heterocycles. The molecule has 0 spiro atoms. The maximum atomic E-state index is 13.3. The number of hydrogen-bond acceptors (Lipinski definition) is 6. The molecule has 0 aromatic heterocycles. The number of esters is 1. The van der Waals surface area contributed by atoms with Crippen LogP contribution in [0.2, 0.25) is 5.02 Å². The Hall–Kier alpha value is -3.53. The van der Waals surface area contributed by atoms with Crippen LogP contribution < -0.4 is 5.43 Å². The van der Waals surface area contributed by atoms with Crippen molar-refractivity contribution in [2.45, 2.75) is 18.4 Å². The minimum atomic E-state index is -4.00. The smallest absolute Gasteiger partial charge is 0.337 e. The zero-order chi connectivity index (χ0) is 25.4. The lowest BCUT2D eigenvalue weighted by atomic mass is 10.1. The number of aryl methyl sites for hydroxylation is 1. The lowest BCUT2D eigenvalue weighted by Crippen LogP contribution is -2.39. The highest BCUT2D eigenvalue weighted by Gasteiger charge is 2.27. The molecule has 3 aromatic carbocycles. The van der Waals surface area contributed by atoms with Gasteiger partial charge in [-0.2, -0.15) is 9.41 Å². The van der Waals surface area contributed by atoms with E-state index >= 15 is 0 Å². The van der Waals surface area contributed by atoms with E-state index in [1.807, 2.05) is 31.2 Å². The zero-order valence-electron chi connectivity index (χ0n) is 19.1. The Morgan fingerprint density at radius 2 is 1.69 bits per heavy atom. The van der Waals surface area contributed by atoms with Gasteiger partial charge in [-0.3, -0.25) is 4.79 Å². The summed E-state index contributed by atoms with van der Waals surface area (Å²) in [5.41, 5.74) is 5.04. The fourth-order valence-corrected chi connectivity index (χ4v) is 4.66. The van der Waals surface area contributed by atoms with Gasteiger partial charge in [0, 0.05) is 11.6 Å². The van der Waals surface area contributed by atoms with Crippen molar-refractivity contribution in [3.8, 4) is 0 Å². The van der Waals surface area contributed by atoms with E-state index in [-0.39, 0.29) is 11.4 Å². The van der Waals surface area contributed by atoms with Gasteiger partial charge in [0.25, 0.3) is 5.91 Å². The minimum Gasteiger partial charge on any atom is -0.465 e. The van der Waals surface area contributed by atoms with Gasteiger partial charge in [-0.1, -0.05) is 48.0 Å². The van der Waals surface area contributed by atoms with E-state index < -0.39 is 28.4 Å². The molecule has 10 heteroatoms. The van der Waals surface area contributed by atoms with Crippen LogP contribution in [0.25, 0.3) is 0 Å². The van der Waals surface area contributed by atoms with E-state index in [4.69, 9.17) is 11.6 Å². The lowest BCUT2D eigenvalue weighted by molar-refractivity contribution is -0.121. The summed E-state index contributed by atoms with van der Waals surface area (Å²) in [4.78, 5) is 24.2. The Morgan fingerprint density at radius 1 is 1.03 bits per heavy atom. The Kier molecular flexibility index (Phi) is 8.75. The predicted molar refractivity (Wildman–Crippen MR) is 134 cm³/mol. The third-order valence-corrected chi connectivity index (χ3v) is 7.17. The first kappa shape index (κ1) is 26.1. The Bertz CT molecular complexity index is 1320. The van der Waals surface area contributed by atoms with E-state index in [1.165, 1.54) is 37.6 Å². The number of carbonyl (C=O) groups excluding carboxylic acids is 2. The van der Waals surface area contributed by atoms with Crippen LogP contribution >= 0.6 is 11.6 Å². The van der Waals surface area contributed by atoms with Gasteiger partial charge >= 0.3 is 5.97 Å². The maximum absolute atomic E-state index is 13.3. The van der Waals surface area contributed by atoms with Crippen LogP contribution in [-0.2, 0) is 26.1 Å². The number of sulfonamides is 1. The number of benzene rings is 3. The number of carbonyl (C=O) groups is 2. The number of nitrogens with one attached hydrogen (secondary N) is 1. The van der Waals surface area contributed by atoms with Gasteiger partial charge in [0.15, 0.2) is 0 Å². The molecule has 0 aliphatic rings. The highest BCUT2D eigenvalue weighted by Crippen LogP contribution is 2.21. The Morgan fingerprint density at radius 3 is 2.31 bits per heavy atom. The van der Waals surface area contributed by atoms with Gasteiger partial charge in [0.1, 0.15) is 0 Å². The standard InChI is InChI=1S/C25H24ClN3O5S/c1-18-5-3-4-6-21(18)16-29(35(32,33)23-13-11-22(26)12-14-23)17-24(30)28-27-15-19-7-9-20(10-8-19)25(31)34-2/h3-15H,16-17H2,1-2H3,(H,28,30)/b27-15-. The molecule has 1 amide bonds. The topological polar surface area (TPSA) is 105 Å². The average molecular weight is 514 g/mol. The molecule has 3 rings (SSSR count). The molecule has 0 atom stereocenters. The quantitative estimate of drug-likeness (QED) is 0.266. The average Bonchev–Trinajstić information content (AvgIpc) is 2.85. The number of ether oxygens (including phenoxy) is 1. The molecular formula is C25H24ClN3O5S. The van der Waals surface area contributed by atoms with Gasteiger partial charge in [-0.15, -0.1) is 0 Å². The first-order valence-electron chi connectivity index (χ1n) is 10.5. The lowest BCUT2D eigenvalue weighted by Gasteiger charge is -2.22. The maximum Gasteiger partial charge on any atom is 0.337 e. The first-order valence-corrected chi connectivity index (χ1v) is 12.3. The second kappa shape index (κ2) is 11.7. The first-order chi connectivity index (χ1) is 16.7. The molecule has 8 nitrogen and oxygen atoms in total. The molecule has 182 valence electrons. The summed E-state index contributed by atoms with van der Waals surface area (Å²) in [6, 6.07) is 19.5. The summed E-state index contributed by atoms with van der Waals surface area (Å²) in [6.45, 7) is 1.43. The van der Waals surface area contributed by atoms with E-state index in [2.05, 4.69) is 15.3 Å². The molecule has 0 radical (unpaired) electrons. The zero-order valence-corrected chi connectivity index (χ0v) is 20.7. The van der Waals surface area contributed by atoms with Crippen LogP contribution in [0.4, 0.5) is 0 Å². The predicted octanol–water partition coefficient (Wildman–Crippen LogP) is 3.78. The summed E-state index contributed by atoms with van der Waals surface area (Å²) in [7, 11) is -2.71. The molecule has 1 N–H and O–H groups in total. The van der Waals surface area contributed by atoms with E-state index in [0.29, 0.717) is 16.1 Å². The third-order valence-electron chi connectivity index (χ3n) is 5.11. The molecule has 0 fully saturated rings. The van der Waals surface area contributed by atoms with Gasteiger partial charge in [-0.25, -0.2) is 18.6 Å². The Balaban J connectivity index is 1.76. The van der Waals surface area contributed by atoms with Crippen molar-refractivity contribution in [3.63, 3.8) is 0 Å². The van der Waals surface area contributed by atoms with Gasteiger partial charge in [-0.05, 0) is 60.0 Å². The minimum absolute atomic E-state index is 0.00373. The molecule has 35 heavy (non-hydrogen) atoms. The van der Waals surface area contributed by atoms with Crippen molar-refractivity contribution in [3.05, 3.63) is 100 Å². The number of halogens is 1. The molecule has 0 saturated carbocycles. The number of hydrogen-bond donors (Lipinski definition) is 1. The number of nitrogens with zero attached hydrogens (tertiary/aromatic N) is 2. The highest BCUT2D eigenvalue weighted by atomic mass is 35.5. The van der Waals surface area contributed by atoms with E-state index in [1.54, 1.807) is 24.3 Å². The van der Waals surface area contributed by atoms with Gasteiger partial charge in [0.05, 0.1) is 30.3 Å². The summed E-state index contributed by atoms with van der Waals surface area (Å²) in [5.74, 6) is -1.07. The molecule has 0 aliphatic carbocycles. The van der Waals surface area contributed by atoms with Crippen LogP contribution in [0.15, 0.2) is 82.8 Å². The van der Waals surface area contributed by atoms with Crippen LogP contribution in [-0.4, -0.2) is 44.5 Å². The van der Waals surface area contributed by atoms with Crippen LogP contribution in [0.1, 0.15) is 27.0 Å². The van der Waals surface area contributed by atoms with Crippen molar-refractivity contribution in [2.24, 2.45) is 5.10 Å². The second-order valence-electron chi connectivity index (χ2n) is 7.56. The van der Waals surface area contributed by atoms with Crippen molar-refractivity contribution in [1.82, 2.24) is 9.73 Å². The molecular weight excluding hydrogens is 490 g/mol. The number of rotatable bonds is 9.